The first-order chi connectivity index (χ1) is 22.0. The first kappa shape index (κ1) is 39.9. The van der Waals surface area contributed by atoms with Gasteiger partial charge >= 0.3 is 0 Å². The number of hydrogen-bond acceptors (Lipinski definition) is 6. The predicted octanol–water partition coefficient (Wildman–Crippen LogP) is 10.5. The van der Waals surface area contributed by atoms with Crippen molar-refractivity contribution in [3.8, 4) is 0 Å². The highest BCUT2D eigenvalue weighted by Crippen LogP contribution is 2.30. The Morgan fingerprint density at radius 3 is 1.08 bits per heavy atom. The zero-order chi connectivity index (χ0) is 36.2. The lowest BCUT2D eigenvalue weighted by Crippen LogP contribution is -2.36. The van der Waals surface area contributed by atoms with Gasteiger partial charge in [0.25, 0.3) is 11.1 Å². The molecule has 0 amide bonds. The third-order valence-corrected chi connectivity index (χ3v) is 10.6. The maximum atomic E-state index is 12.4. The molecule has 6 nitrogen and oxygen atoms in total. The molecule has 0 aliphatic rings. The van der Waals surface area contributed by atoms with Crippen molar-refractivity contribution in [2.24, 2.45) is 0 Å². The normalized spacial score (nSPS) is 12.5. The first-order valence-corrected chi connectivity index (χ1v) is 18.7. The molecule has 0 aliphatic heterocycles. The number of aromatic nitrogens is 4. The zero-order valence-electron chi connectivity index (χ0n) is 30.4. The van der Waals surface area contributed by atoms with Crippen molar-refractivity contribution in [1.29, 1.82) is 0 Å². The largest absolute Gasteiger partial charge is 0.287 e. The quantitative estimate of drug-likeness (QED) is 0.184. The van der Waals surface area contributed by atoms with Gasteiger partial charge in [-0.1, -0.05) is 113 Å². The summed E-state index contributed by atoms with van der Waals surface area (Å²) in [6.45, 7) is 24.8. The molecule has 0 N–H and O–H groups in total. The van der Waals surface area contributed by atoms with E-state index in [4.69, 9.17) is 23.2 Å². The second kappa shape index (κ2) is 15.6. The molecular formula is C38H50Cl2N4O2S2. The Labute approximate surface area is 305 Å². The molecule has 0 saturated carbocycles. The number of nitrogens with zero attached hydrogens (tertiary/aromatic N) is 4. The Morgan fingerprint density at radius 1 is 0.542 bits per heavy atom. The van der Waals surface area contributed by atoms with E-state index < -0.39 is 0 Å². The van der Waals surface area contributed by atoms with Crippen molar-refractivity contribution in [2.45, 2.75) is 126 Å². The van der Waals surface area contributed by atoms with Crippen LogP contribution in [0.5, 0.6) is 0 Å². The fraction of sp³-hybridized carbons (Fsp3) is 0.474. The topological polar surface area (TPSA) is 69.8 Å². The Bertz CT molecular complexity index is 1670. The van der Waals surface area contributed by atoms with Gasteiger partial charge in [-0.3, -0.25) is 9.59 Å². The molecule has 0 unspecified atom stereocenters. The number of halogens is 2. The van der Waals surface area contributed by atoms with Crippen LogP contribution < -0.4 is 11.1 Å². The van der Waals surface area contributed by atoms with Gasteiger partial charge in [0.2, 0.25) is 0 Å². The Morgan fingerprint density at radius 2 is 0.833 bits per heavy atom. The number of rotatable bonds is 6. The van der Waals surface area contributed by atoms with E-state index in [1.807, 2.05) is 41.5 Å². The van der Waals surface area contributed by atoms with Gasteiger partial charge in [0, 0.05) is 11.5 Å². The van der Waals surface area contributed by atoms with Crippen molar-refractivity contribution < 1.29 is 0 Å². The summed E-state index contributed by atoms with van der Waals surface area (Å²) in [7, 11) is 0. The maximum absolute atomic E-state index is 12.4. The van der Waals surface area contributed by atoms with Crippen LogP contribution in [0.3, 0.4) is 0 Å². The van der Waals surface area contributed by atoms with E-state index in [0.717, 1.165) is 21.3 Å². The second-order valence-electron chi connectivity index (χ2n) is 15.9. The van der Waals surface area contributed by atoms with Gasteiger partial charge in [-0.15, -0.1) is 23.5 Å². The Kier molecular flexibility index (Phi) is 13.0. The van der Waals surface area contributed by atoms with Gasteiger partial charge in [-0.25, -0.2) is 9.36 Å². The van der Waals surface area contributed by atoms with Crippen molar-refractivity contribution in [1.82, 2.24) is 19.6 Å². The molecule has 2 heterocycles. The summed E-state index contributed by atoms with van der Waals surface area (Å²) in [6.07, 6.45) is 3.37. The van der Waals surface area contributed by atoms with Gasteiger partial charge in [0.05, 0.1) is 33.3 Å². The molecule has 48 heavy (non-hydrogen) atoms. The molecule has 10 heteroatoms. The molecule has 0 atom stereocenters. The van der Waals surface area contributed by atoms with Crippen LogP contribution in [0.1, 0.15) is 105 Å². The van der Waals surface area contributed by atoms with E-state index in [-0.39, 0.29) is 43.1 Å². The number of hydrogen-bond donors (Lipinski definition) is 0. The van der Waals surface area contributed by atoms with E-state index in [1.165, 1.54) is 55.1 Å². The zero-order valence-corrected chi connectivity index (χ0v) is 33.5. The van der Waals surface area contributed by atoms with Gasteiger partial charge in [0.1, 0.15) is 10.0 Å². The van der Waals surface area contributed by atoms with Crippen LogP contribution >= 0.6 is 46.7 Å². The van der Waals surface area contributed by atoms with Crippen LogP contribution in [-0.2, 0) is 33.4 Å². The average molecular weight is 730 g/mol. The maximum Gasteiger partial charge on any atom is 0.287 e. The molecule has 0 spiro atoms. The van der Waals surface area contributed by atoms with Crippen molar-refractivity contribution in [3.63, 3.8) is 0 Å². The fourth-order valence-corrected chi connectivity index (χ4v) is 6.80. The Hall–Kier alpha value is -2.52. The Balaban J connectivity index is 0.000000260. The van der Waals surface area contributed by atoms with E-state index in [1.54, 1.807) is 12.4 Å². The minimum absolute atomic E-state index is 0.149. The van der Waals surface area contributed by atoms with Crippen molar-refractivity contribution in [2.75, 3.05) is 0 Å². The standard InChI is InChI=1S/2C19H25ClN2OS/c2*1-18(2,3)14-9-7-13(8-10-14)12-24-15-11-21-22(19(4,5)6)17(23)16(15)20/h2*7-11H,12H2,1-6H3. The molecule has 2 aromatic heterocycles. The van der Waals surface area contributed by atoms with Gasteiger partial charge < -0.3 is 0 Å². The fourth-order valence-electron chi connectivity index (χ4n) is 4.52. The minimum atomic E-state index is -0.382. The van der Waals surface area contributed by atoms with E-state index in [9.17, 15) is 9.59 Å². The third-order valence-electron chi connectivity index (χ3n) is 7.47. The lowest BCUT2D eigenvalue weighted by atomic mass is 9.87. The minimum Gasteiger partial charge on any atom is -0.266 e. The number of thioether (sulfide) groups is 2. The number of benzene rings is 2. The molecule has 0 aliphatic carbocycles. The molecule has 4 aromatic rings. The highest BCUT2D eigenvalue weighted by Gasteiger charge is 2.21. The summed E-state index contributed by atoms with van der Waals surface area (Å²) in [5, 5.41) is 9.03. The molecule has 4 rings (SSSR count). The predicted molar refractivity (Wildman–Crippen MR) is 206 cm³/mol. The van der Waals surface area contributed by atoms with E-state index in [0.29, 0.717) is 0 Å². The van der Waals surface area contributed by atoms with E-state index in [2.05, 4.69) is 100 Å². The summed E-state index contributed by atoms with van der Waals surface area (Å²) in [5.41, 5.74) is 4.07. The summed E-state index contributed by atoms with van der Waals surface area (Å²) in [4.78, 5) is 26.2. The van der Waals surface area contributed by atoms with Crippen molar-refractivity contribution in [3.05, 3.63) is 114 Å². The van der Waals surface area contributed by atoms with Crippen LogP contribution in [0.25, 0.3) is 0 Å². The van der Waals surface area contributed by atoms with Gasteiger partial charge in [-0.05, 0) is 74.6 Å². The first-order valence-electron chi connectivity index (χ1n) is 16.0. The monoisotopic (exact) mass is 728 g/mol. The highest BCUT2D eigenvalue weighted by atomic mass is 35.5. The van der Waals surface area contributed by atoms with Crippen molar-refractivity contribution >= 4 is 46.7 Å². The van der Waals surface area contributed by atoms with Crippen LogP contribution in [0, 0.1) is 0 Å². The second-order valence-corrected chi connectivity index (χ2v) is 18.7. The lowest BCUT2D eigenvalue weighted by molar-refractivity contribution is 0.336. The van der Waals surface area contributed by atoms with E-state index >= 15 is 0 Å². The summed E-state index contributed by atoms with van der Waals surface area (Å²) in [6, 6.07) is 17.2. The van der Waals surface area contributed by atoms with Gasteiger partial charge in [-0.2, -0.15) is 10.2 Å². The third kappa shape index (κ3) is 10.7. The summed E-state index contributed by atoms with van der Waals surface area (Å²) < 4.78 is 2.86. The molecular weight excluding hydrogens is 679 g/mol. The molecule has 2 aromatic carbocycles. The van der Waals surface area contributed by atoms with Crippen LogP contribution in [0.4, 0.5) is 0 Å². The average Bonchev–Trinajstić information content (AvgIpc) is 2.97. The molecule has 0 saturated heterocycles. The molecule has 0 fully saturated rings. The molecule has 0 radical (unpaired) electrons. The summed E-state index contributed by atoms with van der Waals surface area (Å²) >= 11 is 15.6. The lowest BCUT2D eigenvalue weighted by Gasteiger charge is -2.21. The van der Waals surface area contributed by atoms with Crippen LogP contribution in [0.2, 0.25) is 10.0 Å². The highest BCUT2D eigenvalue weighted by molar-refractivity contribution is 7.98. The van der Waals surface area contributed by atoms with Gasteiger partial charge in [0.15, 0.2) is 0 Å². The summed E-state index contributed by atoms with van der Waals surface area (Å²) in [5.74, 6) is 1.51. The van der Waals surface area contributed by atoms with Crippen LogP contribution in [-0.4, -0.2) is 19.6 Å². The van der Waals surface area contributed by atoms with Crippen LogP contribution in [0.15, 0.2) is 80.3 Å². The molecule has 260 valence electrons. The smallest absolute Gasteiger partial charge is 0.266 e. The SMILES string of the molecule is CC(C)(C)c1ccc(CSc2cnn(C(C)(C)C)c(=O)c2Cl)cc1.CC(C)(C)c1ccc(CSc2cnn(C(C)(C)C)c(=O)c2Cl)cc1. The molecule has 0 bridgehead atoms.